The standard InChI is InChI=1S/C120H163O26P/c1-7-9-11-13-15-17-19-21-23-25-27-29-31-33-59-77-105(124)130-87-102(141-106(125)78-60-34-32-30-28-26-24-22-20-18-16-14-12-10-8-2)88-137-147(126,127-6)146-116-114(144-119-117(135-85-100-73-55-41-56-74-100)109(133-83-98-69-51-39-52-70-98)107(131-81-96-65-47-37-48-66-96)103(142-119)89-128-79-94-61-43-35-44-62-94)112(139-92(4)122)111(138-91(3)121)113(140-93(5)123)115(116)145-120-118(136-86-101-75-57-42-58-76-101)110(134-84-99-71-53-40-54-72-99)108(132-82-97-67-49-38-50-68-97)104(143-120)90-129-80-95-63-45-36-46-64-95/h35-58,61-76,102-104,107-120H,7-34,59-60,77-90H2,1-6H3/t102-,103-,104-,107-,108-,109+,110+,111?,112-,113+,114-,115-,116?,117+,118+,119-,120-,147-/m1/s1. The fourth-order valence-corrected chi connectivity index (χ4v) is 20.0. The number of carbonyl (C=O) groups is 5. The van der Waals surface area contributed by atoms with Crippen LogP contribution >= 0.6 is 7.82 Å². The summed E-state index contributed by atoms with van der Waals surface area (Å²) in [6.07, 6.45) is 6.73. The van der Waals surface area contributed by atoms with Gasteiger partial charge in [-0.25, -0.2) is 4.57 Å². The molecule has 0 bridgehead atoms. The van der Waals surface area contributed by atoms with Crippen LogP contribution in [0.5, 0.6) is 0 Å². The lowest BCUT2D eigenvalue weighted by Gasteiger charge is -2.53. The van der Waals surface area contributed by atoms with Crippen molar-refractivity contribution in [1.29, 1.82) is 0 Å². The van der Waals surface area contributed by atoms with Gasteiger partial charge in [-0.1, -0.05) is 436 Å². The molecule has 3 aliphatic rings. The van der Waals surface area contributed by atoms with Crippen LogP contribution in [0.3, 0.4) is 0 Å². The van der Waals surface area contributed by atoms with Crippen molar-refractivity contribution in [3.63, 3.8) is 0 Å². The second-order valence-corrected chi connectivity index (χ2v) is 40.5. The Bertz CT molecular complexity index is 4650. The third-order valence-corrected chi connectivity index (χ3v) is 28.1. The Morgan fingerprint density at radius 3 is 0.816 bits per heavy atom. The Labute approximate surface area is 873 Å². The summed E-state index contributed by atoms with van der Waals surface area (Å²) in [5, 5.41) is 0. The highest BCUT2D eigenvalue weighted by Gasteiger charge is 2.64. The number of ether oxygens (including phenoxy) is 17. The first kappa shape index (κ1) is 118. The minimum Gasteiger partial charge on any atom is -0.462 e. The van der Waals surface area contributed by atoms with Crippen LogP contribution in [0.1, 0.15) is 285 Å². The molecule has 2 unspecified atom stereocenters. The molecule has 18 atom stereocenters. The molecule has 0 aromatic heterocycles. The molecule has 1 saturated carbocycles. The highest BCUT2D eigenvalue weighted by atomic mass is 31.2. The number of rotatable bonds is 74. The normalized spacial score (nSPS) is 22.0. The summed E-state index contributed by atoms with van der Waals surface area (Å²) in [4.78, 5) is 72.5. The summed E-state index contributed by atoms with van der Waals surface area (Å²) in [5.74, 6) is -4.15. The van der Waals surface area contributed by atoms with Crippen LogP contribution in [0.2, 0.25) is 0 Å². The van der Waals surface area contributed by atoms with Crippen molar-refractivity contribution in [2.24, 2.45) is 0 Å². The molecule has 147 heavy (non-hydrogen) atoms. The largest absolute Gasteiger partial charge is 0.475 e. The molecule has 2 aliphatic heterocycles. The number of phosphoric ester groups is 1. The lowest BCUT2D eigenvalue weighted by Crippen LogP contribution is -2.71. The van der Waals surface area contributed by atoms with E-state index in [1.165, 1.54) is 122 Å². The lowest BCUT2D eigenvalue weighted by atomic mass is 9.83. The summed E-state index contributed by atoms with van der Waals surface area (Å²) < 4.78 is 156. The number of hydrogen-bond donors (Lipinski definition) is 0. The zero-order valence-corrected chi connectivity index (χ0v) is 88.5. The minimum atomic E-state index is -5.48. The Morgan fingerprint density at radius 1 is 0.286 bits per heavy atom. The van der Waals surface area contributed by atoms with Crippen LogP contribution in [-0.4, -0.2) is 168 Å². The average molecular weight is 2050 g/mol. The fourth-order valence-electron chi connectivity index (χ4n) is 18.9. The molecule has 11 rings (SSSR count). The van der Waals surface area contributed by atoms with Gasteiger partial charge in [-0.05, 0) is 57.3 Å². The van der Waals surface area contributed by atoms with Gasteiger partial charge in [0.2, 0.25) is 0 Å². The molecule has 2 saturated heterocycles. The van der Waals surface area contributed by atoms with Crippen molar-refractivity contribution < 1.29 is 123 Å². The van der Waals surface area contributed by atoms with E-state index in [9.17, 15) is 24.0 Å². The molecule has 26 nitrogen and oxygen atoms in total. The van der Waals surface area contributed by atoms with E-state index in [1.807, 2.05) is 243 Å². The van der Waals surface area contributed by atoms with Crippen LogP contribution in [0, 0.1) is 0 Å². The van der Waals surface area contributed by atoms with Crippen LogP contribution in [0.15, 0.2) is 243 Å². The predicted octanol–water partition coefficient (Wildman–Crippen LogP) is 25.1. The topological polar surface area (TPSA) is 287 Å². The Balaban J connectivity index is 1.02. The number of phosphoric acid groups is 1. The van der Waals surface area contributed by atoms with Gasteiger partial charge in [0, 0.05) is 40.7 Å². The van der Waals surface area contributed by atoms with E-state index in [1.54, 1.807) is 0 Å². The quantitative estimate of drug-likeness (QED) is 0.0148. The van der Waals surface area contributed by atoms with Crippen molar-refractivity contribution in [3.8, 4) is 0 Å². The highest BCUT2D eigenvalue weighted by Crippen LogP contribution is 2.54. The molecule has 8 aromatic carbocycles. The summed E-state index contributed by atoms with van der Waals surface area (Å²) in [6.45, 7) is 6.03. The van der Waals surface area contributed by atoms with Crippen LogP contribution < -0.4 is 0 Å². The molecule has 0 spiro atoms. The second kappa shape index (κ2) is 69.3. The van der Waals surface area contributed by atoms with Crippen molar-refractivity contribution in [2.45, 2.75) is 397 Å². The van der Waals surface area contributed by atoms with Gasteiger partial charge >= 0.3 is 37.7 Å². The van der Waals surface area contributed by atoms with Gasteiger partial charge in [0.1, 0.15) is 73.8 Å². The summed E-state index contributed by atoms with van der Waals surface area (Å²) in [6, 6.07) is 76.0. The number of unbranched alkanes of at least 4 members (excludes halogenated alkanes) is 28. The number of esters is 5. The van der Waals surface area contributed by atoms with Crippen molar-refractivity contribution in [3.05, 3.63) is 287 Å². The lowest BCUT2D eigenvalue weighted by molar-refractivity contribution is -0.374. The molecule has 8 aromatic rings. The van der Waals surface area contributed by atoms with E-state index in [0.717, 1.165) is 119 Å². The summed E-state index contributed by atoms with van der Waals surface area (Å²) in [7, 11) is -4.42. The third kappa shape index (κ3) is 43.9. The van der Waals surface area contributed by atoms with Crippen LogP contribution in [-0.2, 0) is 175 Å². The SMILES string of the molecule is CCCCCCCCCCCCCCCCCC(=O)OC[C@H](CO[P@@](=O)(OC)OC1[C@H](O[C@H]2O[C@H](COCc3ccccc3)[C@@H](OCc3ccccc3)[C@H](OCc3ccccc3)[C@@H]2OCc2ccccc2)[C@H](OC(C)=O)C(OC(C)=O)[C@H](OC(C)=O)[C@H]1O[C@H]1O[C@H](COCc2ccccc2)[C@@H](OCc2ccccc2)[C@H](OCc2ccccc2)[C@@H]1OCc1ccccc1)OC(=O)CCCCCCCCCCCCCCCCC. The number of carbonyl (C=O) groups excluding carboxylic acids is 5. The molecular formula is C120H163O26P. The number of benzene rings is 8. The Hall–Kier alpha value is -9.26. The maximum atomic E-state index is 17.1. The van der Waals surface area contributed by atoms with Gasteiger partial charge in [-0.15, -0.1) is 0 Å². The van der Waals surface area contributed by atoms with Crippen molar-refractivity contribution in [1.82, 2.24) is 0 Å². The van der Waals surface area contributed by atoms with Gasteiger partial charge < -0.3 is 80.5 Å². The highest BCUT2D eigenvalue weighted by molar-refractivity contribution is 7.48. The molecule has 0 amide bonds. The molecule has 0 N–H and O–H groups in total. The van der Waals surface area contributed by atoms with Gasteiger partial charge in [-0.3, -0.25) is 37.5 Å². The molecule has 3 fully saturated rings. The van der Waals surface area contributed by atoms with Gasteiger partial charge in [-0.2, -0.15) is 0 Å². The first-order valence-electron chi connectivity index (χ1n) is 54.2. The minimum absolute atomic E-state index is 0.00629. The molecule has 27 heteroatoms. The van der Waals surface area contributed by atoms with Crippen molar-refractivity contribution in [2.75, 3.05) is 33.5 Å². The average Bonchev–Trinajstić information content (AvgIpc) is 0.739. The van der Waals surface area contributed by atoms with Crippen molar-refractivity contribution >= 4 is 37.7 Å². The number of hydrogen-bond acceptors (Lipinski definition) is 26. The summed E-state index contributed by atoms with van der Waals surface area (Å²) >= 11 is 0. The van der Waals surface area contributed by atoms with Gasteiger partial charge in [0.05, 0.1) is 72.7 Å². The third-order valence-electron chi connectivity index (χ3n) is 26.7. The van der Waals surface area contributed by atoms with Gasteiger partial charge in [0.15, 0.2) is 37.0 Å². The van der Waals surface area contributed by atoms with E-state index >= 15 is 4.57 Å². The first-order chi connectivity index (χ1) is 72.0. The monoisotopic (exact) mass is 2050 g/mol. The predicted molar refractivity (Wildman–Crippen MR) is 561 cm³/mol. The van der Waals surface area contributed by atoms with E-state index in [0.29, 0.717) is 24.0 Å². The van der Waals surface area contributed by atoms with Gasteiger partial charge in [0.25, 0.3) is 0 Å². The smallest absolute Gasteiger partial charge is 0.462 e. The maximum absolute atomic E-state index is 17.1. The zero-order chi connectivity index (χ0) is 103. The maximum Gasteiger partial charge on any atom is 0.475 e. The van der Waals surface area contributed by atoms with E-state index in [2.05, 4.69) is 13.8 Å². The van der Waals surface area contributed by atoms with E-state index in [-0.39, 0.29) is 78.9 Å². The molecule has 804 valence electrons. The molecular weight excluding hydrogens is 1890 g/mol. The van der Waals surface area contributed by atoms with E-state index in [4.69, 9.17) is 94.1 Å². The van der Waals surface area contributed by atoms with Crippen LogP contribution in [0.4, 0.5) is 0 Å². The first-order valence-corrected chi connectivity index (χ1v) is 55.6. The summed E-state index contributed by atoms with van der Waals surface area (Å²) in [5.41, 5.74) is 6.23. The molecule has 1 aliphatic carbocycles. The molecule has 0 radical (unpaired) electrons. The Morgan fingerprint density at radius 2 is 0.537 bits per heavy atom. The Kier molecular flexibility index (Phi) is 55.6. The fraction of sp³-hybridized carbons (Fsp3) is 0.558. The van der Waals surface area contributed by atoms with E-state index < -0.39 is 155 Å². The zero-order valence-electron chi connectivity index (χ0n) is 87.6. The second-order valence-electron chi connectivity index (χ2n) is 38.8. The van der Waals surface area contributed by atoms with Crippen LogP contribution in [0.25, 0.3) is 0 Å². The molecule has 2 heterocycles.